The monoisotopic (exact) mass is 501 g/mol. The maximum atomic E-state index is 14.0. The maximum Gasteiger partial charge on any atom is 0.326 e. The van der Waals surface area contributed by atoms with E-state index in [-0.39, 0.29) is 18.1 Å². The molecule has 0 unspecified atom stereocenters. The summed E-state index contributed by atoms with van der Waals surface area (Å²) in [7, 11) is 0. The summed E-state index contributed by atoms with van der Waals surface area (Å²) in [6.07, 6.45) is 5.26. The quantitative estimate of drug-likeness (QED) is 0.384. The molecule has 2 aromatic heterocycles. The number of carbonyl (C=O) groups is 1. The van der Waals surface area contributed by atoms with Crippen molar-refractivity contribution in [2.75, 3.05) is 13.1 Å². The van der Waals surface area contributed by atoms with Crippen molar-refractivity contribution >= 4 is 23.0 Å². The molecule has 37 heavy (non-hydrogen) atoms. The van der Waals surface area contributed by atoms with Crippen LogP contribution in [0.2, 0.25) is 0 Å². The predicted molar refractivity (Wildman–Crippen MR) is 133 cm³/mol. The Bertz CT molecular complexity index is 1570. The van der Waals surface area contributed by atoms with Gasteiger partial charge < -0.3 is 5.32 Å². The molecule has 4 aromatic rings. The van der Waals surface area contributed by atoms with Crippen LogP contribution in [0.4, 0.5) is 18.0 Å². The lowest BCUT2D eigenvalue weighted by Crippen LogP contribution is -2.34. The zero-order chi connectivity index (χ0) is 25.9. The van der Waals surface area contributed by atoms with Crippen LogP contribution in [0, 0.1) is 28.9 Å². The van der Waals surface area contributed by atoms with Gasteiger partial charge in [-0.3, -0.25) is 9.47 Å². The average Bonchev–Trinajstić information content (AvgIpc) is 3.23. The van der Waals surface area contributed by atoms with Gasteiger partial charge in [0.25, 0.3) is 0 Å². The zero-order valence-electron chi connectivity index (χ0n) is 19.7. The van der Waals surface area contributed by atoms with Gasteiger partial charge in [-0.1, -0.05) is 24.3 Å². The van der Waals surface area contributed by atoms with E-state index < -0.39 is 17.6 Å². The van der Waals surface area contributed by atoms with Gasteiger partial charge >= 0.3 is 6.03 Å². The van der Waals surface area contributed by atoms with Gasteiger partial charge in [-0.15, -0.1) is 0 Å². The highest BCUT2D eigenvalue weighted by atomic mass is 19.2. The topological polar surface area (TPSA) is 74.0 Å². The van der Waals surface area contributed by atoms with E-state index in [1.807, 2.05) is 0 Å². The molecular formula is C28H22F3N5O. The Labute approximate surface area is 211 Å². The highest BCUT2D eigenvalue weighted by Crippen LogP contribution is 2.32. The summed E-state index contributed by atoms with van der Waals surface area (Å²) in [5.41, 5.74) is 3.72. The number of rotatable bonds is 5. The Morgan fingerprint density at radius 2 is 2.03 bits per heavy atom. The SMILES string of the molecule is N#Cc1ccc2c(c1)c1c(n2C(=O)NCc2ccnc(F)c2)CCN(C/C=C/c2cccc(F)c2F)C1. The molecule has 186 valence electrons. The minimum absolute atomic E-state index is 0.135. The summed E-state index contributed by atoms with van der Waals surface area (Å²) in [5.74, 6) is -2.39. The van der Waals surface area contributed by atoms with Gasteiger partial charge in [-0.2, -0.15) is 9.65 Å². The molecule has 3 heterocycles. The molecule has 0 aliphatic carbocycles. The maximum absolute atomic E-state index is 14.0. The number of hydrogen-bond donors (Lipinski definition) is 1. The third-order valence-corrected chi connectivity index (χ3v) is 6.44. The van der Waals surface area contributed by atoms with Crippen molar-refractivity contribution in [3.63, 3.8) is 0 Å². The Morgan fingerprint density at radius 3 is 2.84 bits per heavy atom. The van der Waals surface area contributed by atoms with Crippen molar-refractivity contribution < 1.29 is 18.0 Å². The first-order valence-electron chi connectivity index (χ1n) is 11.7. The molecule has 0 radical (unpaired) electrons. The van der Waals surface area contributed by atoms with Crippen LogP contribution in [0.5, 0.6) is 0 Å². The fraction of sp³-hybridized carbons (Fsp3) is 0.179. The minimum Gasteiger partial charge on any atom is -0.333 e. The van der Waals surface area contributed by atoms with Crippen molar-refractivity contribution in [3.05, 3.63) is 106 Å². The molecule has 9 heteroatoms. The second kappa shape index (κ2) is 10.3. The van der Waals surface area contributed by atoms with Crippen molar-refractivity contribution in [1.82, 2.24) is 19.8 Å². The second-order valence-corrected chi connectivity index (χ2v) is 8.78. The number of carbonyl (C=O) groups excluding carboxylic acids is 1. The standard InChI is InChI=1S/C28H22F3N5O/c29-23-5-1-3-20(27(23)31)4-2-11-35-12-9-25-22(17-35)21-13-18(15-32)6-7-24(21)36(25)28(37)34-16-19-8-10-33-26(30)14-19/h1-8,10,13-14H,9,11-12,16-17H2,(H,34,37)/b4-2+. The van der Waals surface area contributed by atoms with Gasteiger partial charge in [-0.25, -0.2) is 18.6 Å². The second-order valence-electron chi connectivity index (χ2n) is 8.78. The van der Waals surface area contributed by atoms with Gasteiger partial charge in [0.05, 0.1) is 17.1 Å². The number of fused-ring (bicyclic) bond motifs is 3. The largest absolute Gasteiger partial charge is 0.333 e. The lowest BCUT2D eigenvalue weighted by atomic mass is 10.0. The van der Waals surface area contributed by atoms with Crippen molar-refractivity contribution in [2.24, 2.45) is 0 Å². The molecule has 1 aliphatic heterocycles. The summed E-state index contributed by atoms with van der Waals surface area (Å²) < 4.78 is 42.5. The molecule has 0 saturated heterocycles. The van der Waals surface area contributed by atoms with Crippen molar-refractivity contribution in [2.45, 2.75) is 19.5 Å². The molecule has 1 N–H and O–H groups in total. The summed E-state index contributed by atoms with van der Waals surface area (Å²) in [6.45, 7) is 1.80. The number of aromatic nitrogens is 2. The van der Waals surface area contributed by atoms with Crippen LogP contribution in [-0.2, 0) is 19.5 Å². The van der Waals surface area contributed by atoms with Crippen LogP contribution in [-0.4, -0.2) is 33.6 Å². The van der Waals surface area contributed by atoms with Gasteiger partial charge in [0.15, 0.2) is 11.6 Å². The van der Waals surface area contributed by atoms with E-state index in [0.717, 1.165) is 22.7 Å². The van der Waals surface area contributed by atoms with E-state index in [4.69, 9.17) is 0 Å². The highest BCUT2D eigenvalue weighted by Gasteiger charge is 2.26. The number of nitrogens with one attached hydrogen (secondary N) is 1. The molecule has 0 bridgehead atoms. The van der Waals surface area contributed by atoms with Crippen LogP contribution in [0.1, 0.15) is 27.9 Å². The number of benzene rings is 2. The molecule has 0 spiro atoms. The average molecular weight is 502 g/mol. The number of amides is 1. The van der Waals surface area contributed by atoms with E-state index in [1.165, 1.54) is 24.4 Å². The highest BCUT2D eigenvalue weighted by molar-refractivity contribution is 5.96. The van der Waals surface area contributed by atoms with E-state index in [1.54, 1.807) is 41.0 Å². The summed E-state index contributed by atoms with van der Waals surface area (Å²) >= 11 is 0. The normalized spacial score (nSPS) is 13.6. The summed E-state index contributed by atoms with van der Waals surface area (Å²) in [6, 6.07) is 14.0. The number of halogens is 3. The first-order chi connectivity index (χ1) is 17.9. The van der Waals surface area contributed by atoms with Crippen molar-refractivity contribution in [1.29, 1.82) is 5.26 Å². The lowest BCUT2D eigenvalue weighted by Gasteiger charge is -2.27. The molecule has 0 atom stereocenters. The lowest BCUT2D eigenvalue weighted by molar-refractivity contribution is 0.240. The van der Waals surface area contributed by atoms with E-state index in [2.05, 4.69) is 21.3 Å². The summed E-state index contributed by atoms with van der Waals surface area (Å²) in [4.78, 5) is 18.9. The van der Waals surface area contributed by atoms with E-state index >= 15 is 0 Å². The predicted octanol–water partition coefficient (Wildman–Crippen LogP) is 5.15. The Hall–Kier alpha value is -4.42. The van der Waals surface area contributed by atoms with Gasteiger partial charge in [0.2, 0.25) is 5.95 Å². The molecular weight excluding hydrogens is 479 g/mol. The summed E-state index contributed by atoms with van der Waals surface area (Å²) in [5, 5.41) is 13.1. The first kappa shape index (κ1) is 24.3. The van der Waals surface area contributed by atoms with Crippen LogP contribution < -0.4 is 5.32 Å². The van der Waals surface area contributed by atoms with Gasteiger partial charge in [-0.05, 0) is 47.5 Å². The van der Waals surface area contributed by atoms with E-state index in [0.29, 0.717) is 42.7 Å². The third kappa shape index (κ3) is 4.97. The van der Waals surface area contributed by atoms with Crippen LogP contribution in [0.3, 0.4) is 0 Å². The van der Waals surface area contributed by atoms with Crippen LogP contribution in [0.15, 0.2) is 60.8 Å². The fourth-order valence-corrected chi connectivity index (χ4v) is 4.66. The molecule has 0 saturated carbocycles. The van der Waals surface area contributed by atoms with Crippen LogP contribution in [0.25, 0.3) is 17.0 Å². The molecule has 1 amide bonds. The minimum atomic E-state index is -0.891. The smallest absolute Gasteiger partial charge is 0.326 e. The molecule has 0 fully saturated rings. The number of pyridine rings is 1. The number of hydrogen-bond acceptors (Lipinski definition) is 4. The molecule has 2 aromatic carbocycles. The number of nitrogens with zero attached hydrogens (tertiary/aromatic N) is 4. The Balaban J connectivity index is 1.40. The first-order valence-corrected chi connectivity index (χ1v) is 11.7. The number of nitriles is 1. The van der Waals surface area contributed by atoms with Crippen molar-refractivity contribution in [3.8, 4) is 6.07 Å². The Kier molecular flexibility index (Phi) is 6.75. The molecule has 6 nitrogen and oxygen atoms in total. The molecule has 1 aliphatic rings. The zero-order valence-corrected chi connectivity index (χ0v) is 19.7. The van der Waals surface area contributed by atoms with Crippen LogP contribution >= 0.6 is 0 Å². The molecule has 5 rings (SSSR count). The van der Waals surface area contributed by atoms with Gasteiger partial charge in [0.1, 0.15) is 0 Å². The third-order valence-electron chi connectivity index (χ3n) is 6.44. The fourth-order valence-electron chi connectivity index (χ4n) is 4.66. The van der Waals surface area contributed by atoms with Gasteiger partial charge in [0, 0.05) is 55.4 Å². The van der Waals surface area contributed by atoms with E-state index in [9.17, 15) is 23.2 Å². The Morgan fingerprint density at radius 1 is 1.16 bits per heavy atom.